The number of alkyl halides is 1. The molecule has 1 aromatic rings. The van der Waals surface area contributed by atoms with E-state index in [1.54, 1.807) is 0 Å². The minimum absolute atomic E-state index is 0.0871. The second-order valence-corrected chi connectivity index (χ2v) is 8.72. The molecule has 6 atom stereocenters. The van der Waals surface area contributed by atoms with Crippen molar-refractivity contribution in [3.63, 3.8) is 0 Å². The Hall–Kier alpha value is -0.540. The number of benzene rings is 1. The molecule has 3 aliphatic rings. The number of rotatable bonds is 0. The standard InChI is InChI=1S/C18H23BrO2/c1-18-7-6-13-12-5-3-11(20)8-10(12)2-4-14(13)15(18)9-16(19)17(18)21/h3,5,8,13-17,20-21H,2,4,6-7,9H2,1H3/t13-,14-,15+,16?,17+,18+/m1/s1. The topological polar surface area (TPSA) is 40.5 Å². The zero-order valence-corrected chi connectivity index (χ0v) is 14.0. The Balaban J connectivity index is 1.71. The molecular formula is C18H23BrO2. The Morgan fingerprint density at radius 1 is 1.29 bits per heavy atom. The van der Waals surface area contributed by atoms with Gasteiger partial charge in [-0.05, 0) is 78.5 Å². The predicted octanol–water partition coefficient (Wildman–Crippen LogP) is 3.98. The van der Waals surface area contributed by atoms with E-state index in [0.29, 0.717) is 23.5 Å². The summed E-state index contributed by atoms with van der Waals surface area (Å²) in [6.07, 6.45) is 5.46. The number of aliphatic hydroxyl groups excluding tert-OH is 1. The van der Waals surface area contributed by atoms with Gasteiger partial charge in [-0.3, -0.25) is 0 Å². The minimum Gasteiger partial charge on any atom is -0.508 e. The summed E-state index contributed by atoms with van der Waals surface area (Å²) >= 11 is 3.70. The Morgan fingerprint density at radius 3 is 2.90 bits per heavy atom. The van der Waals surface area contributed by atoms with Crippen LogP contribution in [0, 0.1) is 17.3 Å². The van der Waals surface area contributed by atoms with Crippen molar-refractivity contribution in [2.75, 3.05) is 0 Å². The van der Waals surface area contributed by atoms with Crippen molar-refractivity contribution in [3.05, 3.63) is 29.3 Å². The number of aliphatic hydroxyl groups is 1. The van der Waals surface area contributed by atoms with Gasteiger partial charge in [0.2, 0.25) is 0 Å². The lowest BCUT2D eigenvalue weighted by Crippen LogP contribution is -2.44. The number of halogens is 1. The van der Waals surface area contributed by atoms with Gasteiger partial charge in [0.05, 0.1) is 6.10 Å². The fraction of sp³-hybridized carbons (Fsp3) is 0.667. The zero-order chi connectivity index (χ0) is 14.8. The summed E-state index contributed by atoms with van der Waals surface area (Å²) in [5.41, 5.74) is 2.89. The molecule has 0 saturated heterocycles. The van der Waals surface area contributed by atoms with Crippen molar-refractivity contribution < 1.29 is 10.2 Å². The van der Waals surface area contributed by atoms with E-state index in [1.165, 1.54) is 24.0 Å². The SMILES string of the molecule is C[C@]12CC[C@@H]3c4ccc(O)cc4CC[C@H]3[C@@H]1CC(Br)[C@@H]2O. The molecule has 2 fully saturated rings. The fourth-order valence-electron chi connectivity index (χ4n) is 5.51. The summed E-state index contributed by atoms with van der Waals surface area (Å²) in [6, 6.07) is 5.93. The third-order valence-electron chi connectivity index (χ3n) is 6.65. The first-order chi connectivity index (χ1) is 10.0. The summed E-state index contributed by atoms with van der Waals surface area (Å²) in [5.74, 6) is 2.33. The predicted molar refractivity (Wildman–Crippen MR) is 86.8 cm³/mol. The third kappa shape index (κ3) is 1.93. The molecule has 0 heterocycles. The quantitative estimate of drug-likeness (QED) is 0.694. The molecule has 114 valence electrons. The van der Waals surface area contributed by atoms with E-state index in [4.69, 9.17) is 0 Å². The largest absolute Gasteiger partial charge is 0.508 e. The van der Waals surface area contributed by atoms with Gasteiger partial charge in [-0.25, -0.2) is 0 Å². The average Bonchev–Trinajstić information content (AvgIpc) is 2.70. The lowest BCUT2D eigenvalue weighted by atomic mass is 9.55. The number of phenols is 1. The van der Waals surface area contributed by atoms with Crippen LogP contribution in [0.4, 0.5) is 0 Å². The number of hydrogen-bond acceptors (Lipinski definition) is 2. The lowest BCUT2D eigenvalue weighted by Gasteiger charge is -2.50. The first-order valence-corrected chi connectivity index (χ1v) is 9.06. The molecule has 0 spiro atoms. The molecular weight excluding hydrogens is 328 g/mol. The zero-order valence-electron chi connectivity index (χ0n) is 12.4. The number of fused-ring (bicyclic) bond motifs is 5. The number of hydrogen-bond donors (Lipinski definition) is 2. The van der Waals surface area contributed by atoms with E-state index < -0.39 is 0 Å². The fourth-order valence-corrected chi connectivity index (χ4v) is 6.52. The molecule has 0 aromatic heterocycles. The molecule has 3 aliphatic carbocycles. The second-order valence-electron chi connectivity index (χ2n) is 7.54. The van der Waals surface area contributed by atoms with Gasteiger partial charge in [0.25, 0.3) is 0 Å². The van der Waals surface area contributed by atoms with Crippen LogP contribution in [0.1, 0.15) is 49.7 Å². The summed E-state index contributed by atoms with van der Waals surface area (Å²) in [5, 5.41) is 20.3. The molecule has 0 amide bonds. The maximum atomic E-state index is 10.6. The highest BCUT2D eigenvalue weighted by Crippen LogP contribution is 2.61. The van der Waals surface area contributed by atoms with Gasteiger partial charge in [0.1, 0.15) is 5.75 Å². The normalized spacial score (nSPS) is 44.8. The van der Waals surface area contributed by atoms with Gasteiger partial charge in [-0.2, -0.15) is 0 Å². The first kappa shape index (κ1) is 14.1. The third-order valence-corrected chi connectivity index (χ3v) is 7.52. The van der Waals surface area contributed by atoms with Crippen LogP contribution in [-0.2, 0) is 6.42 Å². The molecule has 21 heavy (non-hydrogen) atoms. The van der Waals surface area contributed by atoms with Crippen LogP contribution in [-0.4, -0.2) is 21.1 Å². The monoisotopic (exact) mass is 350 g/mol. The molecule has 1 aromatic carbocycles. The molecule has 2 nitrogen and oxygen atoms in total. The van der Waals surface area contributed by atoms with E-state index in [0.717, 1.165) is 19.3 Å². The Morgan fingerprint density at radius 2 is 2.10 bits per heavy atom. The van der Waals surface area contributed by atoms with E-state index in [2.05, 4.69) is 28.9 Å². The van der Waals surface area contributed by atoms with Crippen LogP contribution in [0.2, 0.25) is 0 Å². The maximum absolute atomic E-state index is 10.6. The molecule has 0 aliphatic heterocycles. The Bertz CT molecular complexity index is 572. The van der Waals surface area contributed by atoms with E-state index >= 15 is 0 Å². The van der Waals surface area contributed by atoms with Gasteiger partial charge in [0, 0.05) is 4.83 Å². The smallest absolute Gasteiger partial charge is 0.115 e. The highest BCUT2D eigenvalue weighted by molar-refractivity contribution is 9.09. The first-order valence-electron chi connectivity index (χ1n) is 8.14. The van der Waals surface area contributed by atoms with E-state index in [1.807, 2.05) is 12.1 Å². The van der Waals surface area contributed by atoms with Gasteiger partial charge in [0.15, 0.2) is 0 Å². The van der Waals surface area contributed by atoms with Crippen molar-refractivity contribution >= 4 is 15.9 Å². The van der Waals surface area contributed by atoms with Crippen LogP contribution < -0.4 is 0 Å². The van der Waals surface area contributed by atoms with E-state index in [-0.39, 0.29) is 16.3 Å². The number of phenolic OH excluding ortho intramolecular Hbond substituents is 1. The van der Waals surface area contributed by atoms with Crippen molar-refractivity contribution in [2.45, 2.75) is 55.9 Å². The van der Waals surface area contributed by atoms with Crippen molar-refractivity contribution in [1.82, 2.24) is 0 Å². The minimum atomic E-state index is -0.204. The van der Waals surface area contributed by atoms with Crippen molar-refractivity contribution in [1.29, 1.82) is 0 Å². The molecule has 0 radical (unpaired) electrons. The summed E-state index contributed by atoms with van der Waals surface area (Å²) in [4.78, 5) is 0.257. The molecule has 0 bridgehead atoms. The van der Waals surface area contributed by atoms with Crippen LogP contribution >= 0.6 is 15.9 Å². The van der Waals surface area contributed by atoms with Gasteiger partial charge in [-0.1, -0.05) is 28.9 Å². The summed E-state index contributed by atoms with van der Waals surface area (Å²) in [7, 11) is 0. The second kappa shape index (κ2) is 4.73. The van der Waals surface area contributed by atoms with Gasteiger partial charge >= 0.3 is 0 Å². The van der Waals surface area contributed by atoms with Crippen LogP contribution in [0.15, 0.2) is 18.2 Å². The number of aromatic hydroxyl groups is 1. The Kier molecular flexibility index (Phi) is 3.17. The highest BCUT2D eigenvalue weighted by Gasteiger charge is 2.57. The molecule has 2 saturated carbocycles. The van der Waals surface area contributed by atoms with Crippen LogP contribution in [0.5, 0.6) is 5.75 Å². The van der Waals surface area contributed by atoms with Crippen molar-refractivity contribution in [2.24, 2.45) is 17.3 Å². The lowest BCUT2D eigenvalue weighted by molar-refractivity contribution is -0.0213. The maximum Gasteiger partial charge on any atom is 0.115 e. The summed E-state index contributed by atoms with van der Waals surface area (Å²) in [6.45, 7) is 2.30. The van der Waals surface area contributed by atoms with E-state index in [9.17, 15) is 10.2 Å². The molecule has 1 unspecified atom stereocenters. The van der Waals surface area contributed by atoms with Crippen LogP contribution in [0.25, 0.3) is 0 Å². The van der Waals surface area contributed by atoms with Crippen molar-refractivity contribution in [3.8, 4) is 5.75 Å². The van der Waals surface area contributed by atoms with Crippen LogP contribution in [0.3, 0.4) is 0 Å². The highest BCUT2D eigenvalue weighted by atomic mass is 79.9. The summed E-state index contributed by atoms with van der Waals surface area (Å²) < 4.78 is 0. The molecule has 4 rings (SSSR count). The Labute approximate surface area is 134 Å². The molecule has 2 N–H and O–H groups in total. The van der Waals surface area contributed by atoms with Gasteiger partial charge < -0.3 is 10.2 Å². The van der Waals surface area contributed by atoms with Gasteiger partial charge in [-0.15, -0.1) is 0 Å². The number of aryl methyl sites for hydroxylation is 1. The average molecular weight is 351 g/mol. The molecule has 3 heteroatoms.